The molecule has 2 aliphatic heterocycles. The molecular formula is C21H21ClFN3O2. The molecule has 0 saturated carbocycles. The number of carbonyl (C=O) groups excluding carboxylic acids is 1. The molecule has 1 atom stereocenters. The molecule has 1 aromatic heterocycles. The monoisotopic (exact) mass is 401 g/mol. The van der Waals surface area contributed by atoms with E-state index in [0.29, 0.717) is 28.3 Å². The molecule has 3 heterocycles. The number of hydrogen-bond donors (Lipinski definition) is 3. The zero-order valence-electron chi connectivity index (χ0n) is 15.7. The lowest BCUT2D eigenvalue weighted by Gasteiger charge is -2.05. The van der Waals surface area contributed by atoms with Crippen LogP contribution in [0, 0.1) is 17.7 Å². The molecule has 2 aromatic rings. The zero-order valence-corrected chi connectivity index (χ0v) is 16.4. The maximum Gasteiger partial charge on any atom is 0.256 e. The fourth-order valence-electron chi connectivity index (χ4n) is 3.29. The minimum Gasteiger partial charge on any atom is -0.495 e. The second kappa shape index (κ2) is 8.96. The number of methoxy groups -OCH3 is 1. The SMILES string of the molecule is CCl.COc1cc[nH]c1/C=C1\C(=O)Nc2ccc(F)c(C#C[C@@H]3CCCN3)c21. The smallest absolute Gasteiger partial charge is 0.256 e. The summed E-state index contributed by atoms with van der Waals surface area (Å²) < 4.78 is 19.8. The van der Waals surface area contributed by atoms with Crippen molar-refractivity contribution in [3.05, 3.63) is 47.0 Å². The molecule has 0 bridgehead atoms. The molecule has 7 heteroatoms. The Morgan fingerprint density at radius 1 is 1.32 bits per heavy atom. The van der Waals surface area contributed by atoms with E-state index in [1.807, 2.05) is 0 Å². The summed E-state index contributed by atoms with van der Waals surface area (Å²) in [4.78, 5) is 15.5. The van der Waals surface area contributed by atoms with E-state index in [0.717, 1.165) is 19.4 Å². The van der Waals surface area contributed by atoms with Gasteiger partial charge in [0.25, 0.3) is 5.91 Å². The third-order valence-electron chi connectivity index (χ3n) is 4.60. The van der Waals surface area contributed by atoms with Crippen LogP contribution in [0.2, 0.25) is 0 Å². The lowest BCUT2D eigenvalue weighted by molar-refractivity contribution is -0.110. The van der Waals surface area contributed by atoms with Crippen molar-refractivity contribution in [1.82, 2.24) is 10.3 Å². The van der Waals surface area contributed by atoms with Gasteiger partial charge in [-0.2, -0.15) is 0 Å². The second-order valence-electron chi connectivity index (χ2n) is 6.24. The molecule has 2 aliphatic rings. The number of H-pyrrole nitrogens is 1. The number of anilines is 1. The highest BCUT2D eigenvalue weighted by molar-refractivity contribution is 6.35. The van der Waals surface area contributed by atoms with Gasteiger partial charge in [0.2, 0.25) is 0 Å². The molecule has 0 unspecified atom stereocenters. The molecule has 4 rings (SSSR count). The van der Waals surface area contributed by atoms with E-state index < -0.39 is 5.82 Å². The van der Waals surface area contributed by atoms with Crippen LogP contribution in [-0.4, -0.2) is 37.0 Å². The Bertz CT molecular complexity index is 966. The highest BCUT2D eigenvalue weighted by atomic mass is 35.5. The summed E-state index contributed by atoms with van der Waals surface area (Å²) in [5.74, 6) is 5.92. The van der Waals surface area contributed by atoms with Crippen LogP contribution >= 0.6 is 11.6 Å². The Kier molecular flexibility index (Phi) is 6.40. The van der Waals surface area contributed by atoms with Gasteiger partial charge in [0.15, 0.2) is 0 Å². The van der Waals surface area contributed by atoms with Gasteiger partial charge in [-0.25, -0.2) is 4.39 Å². The number of nitrogens with one attached hydrogen (secondary N) is 3. The number of aromatic nitrogens is 1. The third-order valence-corrected chi connectivity index (χ3v) is 4.60. The minimum absolute atomic E-state index is 0.0613. The van der Waals surface area contributed by atoms with E-state index in [2.05, 4.69) is 39.1 Å². The van der Waals surface area contributed by atoms with Crippen LogP contribution in [0.25, 0.3) is 11.6 Å². The highest BCUT2D eigenvalue weighted by Crippen LogP contribution is 2.37. The van der Waals surface area contributed by atoms with Crippen molar-refractivity contribution in [1.29, 1.82) is 0 Å². The van der Waals surface area contributed by atoms with Crippen LogP contribution in [0.1, 0.15) is 29.7 Å². The van der Waals surface area contributed by atoms with Crippen molar-refractivity contribution in [3.63, 3.8) is 0 Å². The highest BCUT2D eigenvalue weighted by Gasteiger charge is 2.29. The average molecular weight is 402 g/mol. The molecule has 146 valence electrons. The second-order valence-corrected chi connectivity index (χ2v) is 6.24. The summed E-state index contributed by atoms with van der Waals surface area (Å²) in [5.41, 5.74) is 2.32. The van der Waals surface area contributed by atoms with Crippen LogP contribution in [0.4, 0.5) is 10.1 Å². The van der Waals surface area contributed by atoms with E-state index in [-0.39, 0.29) is 17.5 Å². The Morgan fingerprint density at radius 3 is 2.86 bits per heavy atom. The minimum atomic E-state index is -0.435. The molecule has 0 spiro atoms. The van der Waals surface area contributed by atoms with Crippen molar-refractivity contribution in [2.75, 3.05) is 25.4 Å². The fourth-order valence-corrected chi connectivity index (χ4v) is 3.29. The number of fused-ring (bicyclic) bond motifs is 1. The average Bonchev–Trinajstić information content (AvgIpc) is 3.44. The number of ether oxygens (including phenoxy) is 1. The van der Waals surface area contributed by atoms with Crippen LogP contribution in [0.15, 0.2) is 24.4 Å². The van der Waals surface area contributed by atoms with Crippen molar-refractivity contribution in [3.8, 4) is 17.6 Å². The van der Waals surface area contributed by atoms with Crippen molar-refractivity contribution in [2.45, 2.75) is 18.9 Å². The van der Waals surface area contributed by atoms with Gasteiger partial charge < -0.3 is 20.4 Å². The van der Waals surface area contributed by atoms with Crippen LogP contribution in [0.5, 0.6) is 5.75 Å². The normalized spacial score (nSPS) is 18.6. The predicted molar refractivity (Wildman–Crippen MR) is 110 cm³/mol. The largest absolute Gasteiger partial charge is 0.495 e. The molecule has 0 radical (unpaired) electrons. The number of hydrogen-bond acceptors (Lipinski definition) is 3. The van der Waals surface area contributed by atoms with Gasteiger partial charge >= 0.3 is 0 Å². The molecule has 3 N–H and O–H groups in total. The van der Waals surface area contributed by atoms with Gasteiger partial charge in [0.1, 0.15) is 11.6 Å². The van der Waals surface area contributed by atoms with Crippen LogP contribution < -0.4 is 15.4 Å². The van der Waals surface area contributed by atoms with Crippen molar-refractivity contribution >= 4 is 34.8 Å². The molecule has 28 heavy (non-hydrogen) atoms. The summed E-state index contributed by atoms with van der Waals surface area (Å²) in [7, 11) is 1.55. The van der Waals surface area contributed by atoms with Gasteiger partial charge in [-0.15, -0.1) is 11.6 Å². The topological polar surface area (TPSA) is 66.2 Å². The summed E-state index contributed by atoms with van der Waals surface area (Å²) in [6, 6.07) is 4.72. The summed E-state index contributed by atoms with van der Waals surface area (Å²) in [6.45, 7) is 0.923. The molecular weight excluding hydrogens is 381 g/mol. The van der Waals surface area contributed by atoms with E-state index in [9.17, 15) is 9.18 Å². The lowest BCUT2D eigenvalue weighted by atomic mass is 9.98. The molecule has 1 amide bonds. The van der Waals surface area contributed by atoms with Gasteiger partial charge in [-0.3, -0.25) is 4.79 Å². The number of carbonyl (C=O) groups is 1. The van der Waals surface area contributed by atoms with Gasteiger partial charge in [0.05, 0.1) is 35.7 Å². The van der Waals surface area contributed by atoms with Gasteiger partial charge in [-0.05, 0) is 43.7 Å². The van der Waals surface area contributed by atoms with E-state index in [4.69, 9.17) is 4.74 Å². The Morgan fingerprint density at radius 2 is 2.14 bits per heavy atom. The Hall–Kier alpha value is -2.75. The standard InChI is InChI=1S/C20H18FN3O2.CH3Cl/c1-26-18-8-10-23-17(18)11-14-19-13(5-4-12-3-2-9-22-12)15(21)6-7-16(19)24-20(14)25;1-2/h6-8,10-12,22-23H,2-3,9H2,1H3,(H,24,25);1H3/b14-11-;/t12-;/m0./s1. The number of amides is 1. The first-order valence-electron chi connectivity index (χ1n) is 8.87. The maximum absolute atomic E-state index is 14.5. The molecule has 1 aromatic carbocycles. The summed E-state index contributed by atoms with van der Waals surface area (Å²) >= 11 is 4.64. The van der Waals surface area contributed by atoms with Crippen LogP contribution in [-0.2, 0) is 4.79 Å². The molecule has 1 fully saturated rings. The predicted octanol–water partition coefficient (Wildman–Crippen LogP) is 3.61. The lowest BCUT2D eigenvalue weighted by Crippen LogP contribution is -2.18. The van der Waals surface area contributed by atoms with E-state index in [1.54, 1.807) is 31.5 Å². The number of rotatable bonds is 2. The molecule has 1 saturated heterocycles. The van der Waals surface area contributed by atoms with Crippen LogP contribution in [0.3, 0.4) is 0 Å². The number of aromatic amines is 1. The molecule has 0 aliphatic carbocycles. The van der Waals surface area contributed by atoms with Gasteiger partial charge in [-0.1, -0.05) is 11.8 Å². The maximum atomic E-state index is 14.5. The summed E-state index contributed by atoms with van der Waals surface area (Å²) in [6.07, 6.45) is 6.87. The first-order valence-corrected chi connectivity index (χ1v) is 9.63. The number of alkyl halides is 1. The summed E-state index contributed by atoms with van der Waals surface area (Å²) in [5, 5.41) is 6.05. The van der Waals surface area contributed by atoms with Crippen molar-refractivity contribution in [2.24, 2.45) is 0 Å². The number of benzene rings is 1. The quantitative estimate of drug-likeness (QED) is 0.409. The van der Waals surface area contributed by atoms with Gasteiger partial charge in [0, 0.05) is 18.1 Å². The fraction of sp³-hybridized carbons (Fsp3) is 0.286. The first-order chi connectivity index (χ1) is 13.7. The van der Waals surface area contributed by atoms with Crippen molar-refractivity contribution < 1.29 is 13.9 Å². The first kappa shape index (κ1) is 20.0. The Balaban J connectivity index is 0.00000109. The zero-order chi connectivity index (χ0) is 20.1. The molecule has 5 nitrogen and oxygen atoms in total. The third kappa shape index (κ3) is 3.91. The Labute approximate surface area is 168 Å². The van der Waals surface area contributed by atoms with E-state index >= 15 is 0 Å². The van der Waals surface area contributed by atoms with E-state index in [1.165, 1.54) is 12.4 Å². The number of halogens is 2.